The van der Waals surface area contributed by atoms with Crippen LogP contribution in [0, 0.1) is 11.2 Å². The van der Waals surface area contributed by atoms with Gasteiger partial charge in [-0.1, -0.05) is 25.5 Å². The van der Waals surface area contributed by atoms with E-state index in [1.807, 2.05) is 6.92 Å². The Labute approximate surface area is 180 Å². The van der Waals surface area contributed by atoms with Gasteiger partial charge < -0.3 is 20.7 Å². The van der Waals surface area contributed by atoms with Crippen LogP contribution in [0.1, 0.15) is 44.6 Å². The summed E-state index contributed by atoms with van der Waals surface area (Å²) in [5, 5.41) is 10.2. The first kappa shape index (κ1) is 22.3. The molecule has 7 nitrogen and oxygen atoms in total. The molecule has 1 heterocycles. The van der Waals surface area contributed by atoms with E-state index in [4.69, 9.17) is 15.9 Å². The molecular weight excluding hydrogens is 399 g/mol. The molecule has 2 aromatic carbocycles. The van der Waals surface area contributed by atoms with Crippen molar-refractivity contribution in [3.05, 3.63) is 53.8 Å². The van der Waals surface area contributed by atoms with Crippen molar-refractivity contribution in [1.82, 2.24) is 0 Å². The van der Waals surface area contributed by atoms with Crippen LogP contribution in [0.4, 0.5) is 15.8 Å². The van der Waals surface area contributed by atoms with Gasteiger partial charge in [-0.3, -0.25) is 15.0 Å². The Morgan fingerprint density at radius 3 is 2.77 bits per heavy atom. The Bertz CT molecular complexity index is 979. The van der Waals surface area contributed by atoms with Crippen LogP contribution in [0.2, 0.25) is 0 Å². The van der Waals surface area contributed by atoms with Crippen molar-refractivity contribution in [3.8, 4) is 5.75 Å². The first-order chi connectivity index (χ1) is 14.9. The molecular formula is C23H27FN4O3. The number of hydrogen-bond donors (Lipinski definition) is 3. The highest BCUT2D eigenvalue weighted by Gasteiger charge is 2.24. The number of rotatable bonds is 8. The quantitative estimate of drug-likeness (QED) is 0.440. The van der Waals surface area contributed by atoms with Gasteiger partial charge in [0.05, 0.1) is 5.69 Å². The van der Waals surface area contributed by atoms with Crippen LogP contribution >= 0.6 is 0 Å². The van der Waals surface area contributed by atoms with Crippen LogP contribution in [-0.2, 0) is 9.59 Å². The van der Waals surface area contributed by atoms with Gasteiger partial charge in [0.15, 0.2) is 6.10 Å². The highest BCUT2D eigenvalue weighted by atomic mass is 19.1. The van der Waals surface area contributed by atoms with Crippen molar-refractivity contribution in [3.63, 3.8) is 0 Å². The average molecular weight is 426 g/mol. The molecule has 0 spiro atoms. The monoisotopic (exact) mass is 426 g/mol. The molecule has 8 heteroatoms. The van der Waals surface area contributed by atoms with Gasteiger partial charge in [-0.25, -0.2) is 4.39 Å². The predicted octanol–water partition coefficient (Wildman–Crippen LogP) is 3.81. The van der Waals surface area contributed by atoms with E-state index in [-0.39, 0.29) is 23.1 Å². The Hall–Kier alpha value is -3.42. The molecule has 1 fully saturated rings. The topological polar surface area (TPSA) is 109 Å². The van der Waals surface area contributed by atoms with Gasteiger partial charge in [0.1, 0.15) is 17.4 Å². The van der Waals surface area contributed by atoms with E-state index in [1.165, 1.54) is 17.0 Å². The zero-order valence-corrected chi connectivity index (χ0v) is 17.5. The fourth-order valence-electron chi connectivity index (χ4n) is 3.49. The van der Waals surface area contributed by atoms with Crippen LogP contribution in [-0.4, -0.2) is 30.3 Å². The number of halogens is 1. The van der Waals surface area contributed by atoms with Crippen LogP contribution < -0.4 is 20.7 Å². The summed E-state index contributed by atoms with van der Waals surface area (Å²) in [6.45, 7) is 2.42. The number of piperidine rings is 1. The summed E-state index contributed by atoms with van der Waals surface area (Å²) in [6.07, 6.45) is 2.44. The Kier molecular flexibility index (Phi) is 7.23. The van der Waals surface area contributed by atoms with Crippen LogP contribution in [0.3, 0.4) is 0 Å². The molecule has 2 amide bonds. The number of nitrogens with one attached hydrogen (secondary N) is 2. The molecule has 0 saturated carbocycles. The van der Waals surface area contributed by atoms with E-state index < -0.39 is 17.8 Å². The lowest BCUT2D eigenvalue weighted by atomic mass is 10.1. The van der Waals surface area contributed by atoms with E-state index in [9.17, 15) is 14.0 Å². The smallest absolute Gasteiger partial charge is 0.265 e. The zero-order valence-electron chi connectivity index (χ0n) is 17.5. The maximum atomic E-state index is 14.7. The second-order valence-electron chi connectivity index (χ2n) is 7.49. The molecule has 1 saturated heterocycles. The number of benzene rings is 2. The summed E-state index contributed by atoms with van der Waals surface area (Å²) >= 11 is 0. The summed E-state index contributed by atoms with van der Waals surface area (Å²) in [5.41, 5.74) is 6.53. The first-order valence-corrected chi connectivity index (χ1v) is 10.4. The van der Waals surface area contributed by atoms with Gasteiger partial charge in [-0.15, -0.1) is 0 Å². The van der Waals surface area contributed by atoms with E-state index in [2.05, 4.69) is 5.32 Å². The molecule has 3 rings (SSSR count). The van der Waals surface area contributed by atoms with E-state index in [1.54, 1.807) is 30.3 Å². The summed E-state index contributed by atoms with van der Waals surface area (Å²) in [4.78, 5) is 26.3. The Balaban J connectivity index is 1.71. The molecule has 1 unspecified atom stereocenters. The molecule has 4 N–H and O–H groups in total. The van der Waals surface area contributed by atoms with Gasteiger partial charge in [0, 0.05) is 24.2 Å². The second-order valence-corrected chi connectivity index (χ2v) is 7.49. The van der Waals surface area contributed by atoms with Gasteiger partial charge >= 0.3 is 0 Å². The molecule has 1 aliphatic heterocycles. The molecule has 1 aliphatic rings. The average Bonchev–Trinajstić information content (AvgIpc) is 2.74. The van der Waals surface area contributed by atoms with Crippen molar-refractivity contribution in [1.29, 1.82) is 5.41 Å². The summed E-state index contributed by atoms with van der Waals surface area (Å²) in [7, 11) is 0. The van der Waals surface area contributed by atoms with E-state index in [0.717, 1.165) is 12.8 Å². The lowest BCUT2D eigenvalue weighted by molar-refractivity contribution is -0.123. The number of hydrogen-bond acceptors (Lipinski definition) is 4. The van der Waals surface area contributed by atoms with Gasteiger partial charge in [0.2, 0.25) is 5.91 Å². The van der Waals surface area contributed by atoms with Crippen LogP contribution in [0.5, 0.6) is 5.75 Å². The van der Waals surface area contributed by atoms with Gasteiger partial charge in [0.25, 0.3) is 5.91 Å². The number of nitrogen functional groups attached to an aromatic ring is 1. The lowest BCUT2D eigenvalue weighted by Crippen LogP contribution is -2.36. The molecule has 1 atom stereocenters. The largest absolute Gasteiger partial charge is 0.481 e. The van der Waals surface area contributed by atoms with Crippen molar-refractivity contribution < 1.29 is 18.7 Å². The number of amides is 2. The van der Waals surface area contributed by atoms with Gasteiger partial charge in [-0.05, 0) is 49.6 Å². The van der Waals surface area contributed by atoms with Crippen LogP contribution in [0.15, 0.2) is 42.5 Å². The van der Waals surface area contributed by atoms with Crippen molar-refractivity contribution in [2.45, 2.75) is 45.1 Å². The lowest BCUT2D eigenvalue weighted by Gasteiger charge is -2.27. The summed E-state index contributed by atoms with van der Waals surface area (Å²) < 4.78 is 20.5. The highest BCUT2D eigenvalue weighted by Crippen LogP contribution is 2.27. The number of carbonyl (C=O) groups excluding carboxylic acids is 2. The summed E-state index contributed by atoms with van der Waals surface area (Å²) in [5.74, 6) is -0.728. The second kappa shape index (κ2) is 10.1. The number of nitrogens with two attached hydrogens (primary N) is 1. The van der Waals surface area contributed by atoms with Gasteiger partial charge in [-0.2, -0.15) is 0 Å². The molecule has 31 heavy (non-hydrogen) atoms. The fourth-order valence-corrected chi connectivity index (χ4v) is 3.49. The number of carbonyl (C=O) groups is 2. The number of nitrogens with zero attached hydrogens (tertiary/aromatic N) is 1. The van der Waals surface area contributed by atoms with Crippen LogP contribution in [0.25, 0.3) is 0 Å². The van der Waals surface area contributed by atoms with Crippen molar-refractivity contribution in [2.75, 3.05) is 16.8 Å². The zero-order chi connectivity index (χ0) is 22.4. The maximum Gasteiger partial charge on any atom is 0.265 e. The van der Waals surface area contributed by atoms with E-state index in [0.29, 0.717) is 37.1 Å². The van der Waals surface area contributed by atoms with Crippen molar-refractivity contribution in [2.24, 2.45) is 5.73 Å². The Morgan fingerprint density at radius 1 is 1.29 bits per heavy atom. The van der Waals surface area contributed by atoms with E-state index >= 15 is 0 Å². The molecule has 0 aromatic heterocycles. The number of anilines is 2. The minimum Gasteiger partial charge on any atom is -0.481 e. The van der Waals surface area contributed by atoms with Crippen molar-refractivity contribution >= 4 is 29.0 Å². The third-order valence-corrected chi connectivity index (χ3v) is 5.10. The Morgan fingerprint density at radius 2 is 2.10 bits per heavy atom. The summed E-state index contributed by atoms with van der Waals surface area (Å²) in [6, 6.07) is 11.0. The first-order valence-electron chi connectivity index (χ1n) is 10.4. The number of ether oxygens (including phenoxy) is 1. The molecule has 0 bridgehead atoms. The predicted molar refractivity (Wildman–Crippen MR) is 118 cm³/mol. The minimum absolute atomic E-state index is 0.0915. The third kappa shape index (κ3) is 5.59. The number of amidine groups is 1. The third-order valence-electron chi connectivity index (χ3n) is 5.10. The minimum atomic E-state index is -0.793. The fraction of sp³-hybridized carbons (Fsp3) is 0.348. The SMILES string of the molecule is CCCC(Oc1cccc(C(=N)N)c1)C(=O)Nc1ccc(N2CCCCC2=O)c(F)c1. The maximum absolute atomic E-state index is 14.7. The molecule has 2 aromatic rings. The highest BCUT2D eigenvalue weighted by molar-refractivity contribution is 5.97. The molecule has 0 aliphatic carbocycles. The molecule has 0 radical (unpaired) electrons. The standard InChI is InChI=1S/C23H27FN4O3/c1-2-6-20(31-17-8-5-7-15(13-17)22(25)26)23(30)27-16-10-11-19(18(24)14-16)28-12-4-3-9-21(28)29/h5,7-8,10-11,13-14,20H,2-4,6,9,12H2,1H3,(H3,25,26)(H,27,30). The molecule has 164 valence electrons. The normalized spacial score (nSPS) is 14.8.